The molecule has 3 aromatic rings. The molecule has 4 rings (SSSR count). The van der Waals surface area contributed by atoms with Crippen LogP contribution in [0.2, 0.25) is 0 Å². The number of carbonyl (C=O) groups is 2. The average molecular weight is 357 g/mol. The number of aryl methyl sites for hydroxylation is 2. The van der Waals surface area contributed by atoms with Gasteiger partial charge in [-0.15, -0.1) is 0 Å². The van der Waals surface area contributed by atoms with E-state index < -0.39 is 0 Å². The lowest BCUT2D eigenvalue weighted by Gasteiger charge is -2.16. The van der Waals surface area contributed by atoms with E-state index in [0.717, 1.165) is 33.9 Å². The van der Waals surface area contributed by atoms with Gasteiger partial charge in [-0.05, 0) is 61.4 Å². The molecule has 3 N–H and O–H groups in total. The topological polar surface area (TPSA) is 70.2 Å². The summed E-state index contributed by atoms with van der Waals surface area (Å²) in [5.74, 6) is -0.742. The number of fused-ring (bicyclic) bond motifs is 1. The molecule has 0 spiro atoms. The highest BCUT2D eigenvalue weighted by Crippen LogP contribution is 2.33. The molecule has 0 fully saturated rings. The number of nitrogens with one attached hydrogen (secondary N) is 3. The maximum Gasteiger partial charge on any atom is 0.259 e. The third kappa shape index (κ3) is 3.40. The van der Waals surface area contributed by atoms with E-state index in [1.807, 2.05) is 62.4 Å². The monoisotopic (exact) mass is 357 g/mol. The molecule has 134 valence electrons. The van der Waals surface area contributed by atoms with Crippen LogP contribution in [0.4, 0.5) is 22.7 Å². The van der Waals surface area contributed by atoms with Crippen LogP contribution in [0.5, 0.6) is 0 Å². The Morgan fingerprint density at radius 1 is 0.667 bits per heavy atom. The molecule has 1 aliphatic heterocycles. The molecule has 5 nitrogen and oxygen atoms in total. The van der Waals surface area contributed by atoms with Gasteiger partial charge in [0.05, 0.1) is 22.5 Å². The van der Waals surface area contributed by atoms with Crippen LogP contribution in [0.3, 0.4) is 0 Å². The van der Waals surface area contributed by atoms with Crippen LogP contribution in [0, 0.1) is 13.8 Å². The number of benzene rings is 3. The third-order valence-corrected chi connectivity index (χ3v) is 4.47. The Kier molecular flexibility index (Phi) is 4.12. The number of imide groups is 1. The second-order valence-corrected chi connectivity index (χ2v) is 6.72. The van der Waals surface area contributed by atoms with Crippen molar-refractivity contribution in [2.75, 3.05) is 10.6 Å². The lowest BCUT2D eigenvalue weighted by molar-refractivity contribution is 0.0879. The van der Waals surface area contributed by atoms with E-state index in [9.17, 15) is 9.59 Å². The largest absolute Gasteiger partial charge is 0.354 e. The van der Waals surface area contributed by atoms with Gasteiger partial charge in [0.25, 0.3) is 11.8 Å². The number of hydrogen-bond donors (Lipinski definition) is 3. The molecule has 2 amide bonds. The van der Waals surface area contributed by atoms with Crippen LogP contribution in [-0.2, 0) is 0 Å². The number of amides is 2. The zero-order chi connectivity index (χ0) is 19.0. The Labute approximate surface area is 157 Å². The van der Waals surface area contributed by atoms with E-state index in [1.165, 1.54) is 0 Å². The van der Waals surface area contributed by atoms with Crippen molar-refractivity contribution in [2.24, 2.45) is 0 Å². The van der Waals surface area contributed by atoms with Gasteiger partial charge in [0, 0.05) is 11.4 Å². The molecule has 0 radical (unpaired) electrons. The van der Waals surface area contributed by atoms with E-state index in [-0.39, 0.29) is 11.8 Å². The van der Waals surface area contributed by atoms with Gasteiger partial charge < -0.3 is 10.6 Å². The molecule has 0 unspecified atom stereocenters. The van der Waals surface area contributed by atoms with E-state index in [4.69, 9.17) is 0 Å². The summed E-state index contributed by atoms with van der Waals surface area (Å²) in [6.07, 6.45) is 0. The molecule has 0 saturated carbocycles. The normalized spacial score (nSPS) is 12.5. The summed E-state index contributed by atoms with van der Waals surface area (Å²) in [6.45, 7) is 4.04. The Balaban J connectivity index is 1.78. The first-order valence-electron chi connectivity index (χ1n) is 8.71. The SMILES string of the molecule is Cc1cccc(Nc2cc3c(cc2Nc2cccc(C)c2)C(=O)NC3=O)c1. The summed E-state index contributed by atoms with van der Waals surface area (Å²) in [5.41, 5.74) is 6.29. The first kappa shape index (κ1) is 16.8. The molecule has 27 heavy (non-hydrogen) atoms. The van der Waals surface area contributed by atoms with E-state index in [2.05, 4.69) is 16.0 Å². The zero-order valence-corrected chi connectivity index (χ0v) is 15.1. The predicted octanol–water partition coefficient (Wildman–Crippen LogP) is 4.67. The Morgan fingerprint density at radius 3 is 1.52 bits per heavy atom. The highest BCUT2D eigenvalue weighted by molar-refractivity contribution is 6.22. The van der Waals surface area contributed by atoms with Gasteiger partial charge in [-0.2, -0.15) is 0 Å². The maximum absolute atomic E-state index is 12.1. The summed E-state index contributed by atoms with van der Waals surface area (Å²) < 4.78 is 0. The summed E-state index contributed by atoms with van der Waals surface area (Å²) in [5, 5.41) is 9.07. The number of hydrogen-bond acceptors (Lipinski definition) is 4. The quantitative estimate of drug-likeness (QED) is 0.593. The van der Waals surface area contributed by atoms with Crippen LogP contribution in [0.25, 0.3) is 0 Å². The molecular weight excluding hydrogens is 338 g/mol. The zero-order valence-electron chi connectivity index (χ0n) is 15.1. The van der Waals surface area contributed by atoms with Crippen molar-refractivity contribution < 1.29 is 9.59 Å². The van der Waals surface area contributed by atoms with Crippen molar-refractivity contribution in [1.82, 2.24) is 5.32 Å². The first-order chi connectivity index (χ1) is 13.0. The summed E-state index contributed by atoms with van der Waals surface area (Å²) in [7, 11) is 0. The molecule has 5 heteroatoms. The van der Waals surface area contributed by atoms with Crippen molar-refractivity contribution in [3.05, 3.63) is 82.9 Å². The van der Waals surface area contributed by atoms with Crippen molar-refractivity contribution >= 4 is 34.6 Å². The fourth-order valence-electron chi connectivity index (χ4n) is 3.18. The van der Waals surface area contributed by atoms with Crippen molar-refractivity contribution in [2.45, 2.75) is 13.8 Å². The fraction of sp³-hybridized carbons (Fsp3) is 0.0909. The van der Waals surface area contributed by atoms with Crippen LogP contribution in [-0.4, -0.2) is 11.8 Å². The summed E-state index contributed by atoms with van der Waals surface area (Å²) in [4.78, 5) is 24.1. The Bertz CT molecular complexity index is 988. The number of carbonyl (C=O) groups excluding carboxylic acids is 2. The first-order valence-corrected chi connectivity index (χ1v) is 8.71. The van der Waals surface area contributed by atoms with Crippen LogP contribution >= 0.6 is 0 Å². The van der Waals surface area contributed by atoms with Crippen molar-refractivity contribution in [3.63, 3.8) is 0 Å². The van der Waals surface area contributed by atoms with Gasteiger partial charge >= 0.3 is 0 Å². The summed E-state index contributed by atoms with van der Waals surface area (Å²) in [6, 6.07) is 19.4. The van der Waals surface area contributed by atoms with E-state index >= 15 is 0 Å². The molecule has 0 aliphatic carbocycles. The number of rotatable bonds is 4. The molecular formula is C22H19N3O2. The molecule has 0 bridgehead atoms. The van der Waals surface area contributed by atoms with Gasteiger partial charge in [0.1, 0.15) is 0 Å². The average Bonchev–Trinajstić information content (AvgIpc) is 2.89. The minimum absolute atomic E-state index is 0.371. The lowest BCUT2D eigenvalue weighted by Crippen LogP contribution is -2.19. The third-order valence-electron chi connectivity index (χ3n) is 4.47. The lowest BCUT2D eigenvalue weighted by atomic mass is 10.1. The standard InChI is InChI=1S/C22H19N3O2/c1-13-5-3-7-15(9-13)23-19-11-17-18(22(27)25-21(17)26)12-20(19)24-16-8-4-6-14(2)10-16/h3-12,23-24H,1-2H3,(H,25,26,27). The Morgan fingerprint density at radius 2 is 1.11 bits per heavy atom. The van der Waals surface area contributed by atoms with Gasteiger partial charge in [0.2, 0.25) is 0 Å². The molecule has 0 aromatic heterocycles. The second-order valence-electron chi connectivity index (χ2n) is 6.72. The predicted molar refractivity (Wildman–Crippen MR) is 107 cm³/mol. The van der Waals surface area contributed by atoms with Crippen LogP contribution in [0.15, 0.2) is 60.7 Å². The van der Waals surface area contributed by atoms with Crippen LogP contribution in [0.1, 0.15) is 31.8 Å². The molecule has 1 aliphatic rings. The van der Waals surface area contributed by atoms with E-state index in [1.54, 1.807) is 12.1 Å². The number of anilines is 4. The van der Waals surface area contributed by atoms with Crippen molar-refractivity contribution in [3.8, 4) is 0 Å². The summed E-state index contributed by atoms with van der Waals surface area (Å²) >= 11 is 0. The molecule has 0 saturated heterocycles. The van der Waals surface area contributed by atoms with Crippen LogP contribution < -0.4 is 16.0 Å². The van der Waals surface area contributed by atoms with Gasteiger partial charge in [-0.25, -0.2) is 0 Å². The minimum Gasteiger partial charge on any atom is -0.354 e. The van der Waals surface area contributed by atoms with Gasteiger partial charge in [0.15, 0.2) is 0 Å². The molecule has 1 heterocycles. The van der Waals surface area contributed by atoms with E-state index in [0.29, 0.717) is 11.1 Å². The molecule has 0 atom stereocenters. The maximum atomic E-state index is 12.1. The fourth-order valence-corrected chi connectivity index (χ4v) is 3.18. The van der Waals surface area contributed by atoms with Crippen molar-refractivity contribution in [1.29, 1.82) is 0 Å². The highest BCUT2D eigenvalue weighted by atomic mass is 16.2. The minimum atomic E-state index is -0.371. The second kappa shape index (κ2) is 6.61. The van der Waals surface area contributed by atoms with Gasteiger partial charge in [-0.1, -0.05) is 24.3 Å². The van der Waals surface area contributed by atoms with Gasteiger partial charge in [-0.3, -0.25) is 14.9 Å². The smallest absolute Gasteiger partial charge is 0.259 e. The molecule has 3 aromatic carbocycles. The Hall–Kier alpha value is -3.60. The highest BCUT2D eigenvalue weighted by Gasteiger charge is 2.28.